The van der Waals surface area contributed by atoms with E-state index in [0.717, 1.165) is 31.5 Å². The zero-order chi connectivity index (χ0) is 13.8. The van der Waals surface area contributed by atoms with Crippen LogP contribution in [0.2, 0.25) is 5.02 Å². The molecule has 19 heavy (non-hydrogen) atoms. The Labute approximate surface area is 117 Å². The molecule has 0 spiro atoms. The molecule has 0 radical (unpaired) electrons. The summed E-state index contributed by atoms with van der Waals surface area (Å²) in [4.78, 5) is 25.4. The van der Waals surface area contributed by atoms with E-state index in [-0.39, 0.29) is 18.2 Å². The standard InChI is InChI=1S/C14H17ClN2O2/c1-10-11(15)5-4-6-12(10)16-13(18)9-14(19)17-7-2-3-8-17/h4-6H,2-3,7-9H2,1H3,(H,16,18). The summed E-state index contributed by atoms with van der Waals surface area (Å²) in [6, 6.07) is 5.31. The summed E-state index contributed by atoms with van der Waals surface area (Å²) in [6.07, 6.45) is 1.95. The highest BCUT2D eigenvalue weighted by molar-refractivity contribution is 6.31. The molecule has 4 nitrogen and oxygen atoms in total. The van der Waals surface area contributed by atoms with Gasteiger partial charge in [-0.2, -0.15) is 0 Å². The lowest BCUT2D eigenvalue weighted by atomic mass is 10.2. The van der Waals surface area contributed by atoms with Crippen LogP contribution >= 0.6 is 11.6 Å². The summed E-state index contributed by atoms with van der Waals surface area (Å²) in [5.74, 6) is -0.392. The highest BCUT2D eigenvalue weighted by atomic mass is 35.5. The zero-order valence-corrected chi connectivity index (χ0v) is 11.7. The van der Waals surface area contributed by atoms with Crippen molar-refractivity contribution >= 4 is 29.1 Å². The van der Waals surface area contributed by atoms with Gasteiger partial charge in [0.2, 0.25) is 11.8 Å². The van der Waals surface area contributed by atoms with Crippen molar-refractivity contribution in [2.24, 2.45) is 0 Å². The number of hydrogen-bond acceptors (Lipinski definition) is 2. The minimum Gasteiger partial charge on any atom is -0.342 e. The Kier molecular flexibility index (Phi) is 4.43. The summed E-state index contributed by atoms with van der Waals surface area (Å²) in [5.41, 5.74) is 1.47. The van der Waals surface area contributed by atoms with Crippen LogP contribution < -0.4 is 5.32 Å². The Morgan fingerprint density at radius 1 is 1.32 bits per heavy atom. The van der Waals surface area contributed by atoms with Gasteiger partial charge in [-0.15, -0.1) is 0 Å². The fourth-order valence-corrected chi connectivity index (χ4v) is 2.33. The number of benzene rings is 1. The van der Waals surface area contributed by atoms with Crippen LogP contribution in [0.15, 0.2) is 18.2 Å². The van der Waals surface area contributed by atoms with Crippen molar-refractivity contribution in [2.75, 3.05) is 18.4 Å². The molecule has 1 aromatic rings. The molecule has 1 fully saturated rings. The van der Waals surface area contributed by atoms with E-state index in [0.29, 0.717) is 10.7 Å². The van der Waals surface area contributed by atoms with Crippen molar-refractivity contribution in [2.45, 2.75) is 26.2 Å². The molecule has 0 bridgehead atoms. The quantitative estimate of drug-likeness (QED) is 0.865. The molecule has 0 unspecified atom stereocenters. The number of hydrogen-bond donors (Lipinski definition) is 1. The number of nitrogens with zero attached hydrogens (tertiary/aromatic N) is 1. The molecule has 1 aliphatic rings. The number of likely N-dealkylation sites (tertiary alicyclic amines) is 1. The molecule has 1 N–H and O–H groups in total. The Morgan fingerprint density at radius 3 is 2.68 bits per heavy atom. The lowest BCUT2D eigenvalue weighted by molar-refractivity contribution is -0.133. The van der Waals surface area contributed by atoms with Gasteiger partial charge >= 0.3 is 0 Å². The van der Waals surface area contributed by atoms with Gasteiger partial charge in [-0.3, -0.25) is 9.59 Å². The van der Waals surface area contributed by atoms with Gasteiger partial charge in [0.25, 0.3) is 0 Å². The molecule has 0 aliphatic carbocycles. The SMILES string of the molecule is Cc1c(Cl)cccc1NC(=O)CC(=O)N1CCCC1. The smallest absolute Gasteiger partial charge is 0.233 e. The van der Waals surface area contributed by atoms with Crippen LogP contribution in [0.25, 0.3) is 0 Å². The van der Waals surface area contributed by atoms with Crippen molar-refractivity contribution in [3.63, 3.8) is 0 Å². The second-order valence-corrected chi connectivity index (χ2v) is 5.13. The third-order valence-corrected chi connectivity index (χ3v) is 3.72. The average molecular weight is 281 g/mol. The van der Waals surface area contributed by atoms with Crippen molar-refractivity contribution in [3.8, 4) is 0 Å². The maximum atomic E-state index is 11.8. The number of anilines is 1. The molecule has 1 aliphatic heterocycles. The molecule has 1 aromatic carbocycles. The van der Waals surface area contributed by atoms with E-state index in [1.165, 1.54) is 0 Å². The lowest BCUT2D eigenvalue weighted by Gasteiger charge is -2.15. The number of halogens is 1. The minimum atomic E-state index is -0.290. The van der Waals surface area contributed by atoms with Gasteiger partial charge in [-0.05, 0) is 37.5 Å². The van der Waals surface area contributed by atoms with Crippen LogP contribution in [-0.4, -0.2) is 29.8 Å². The first-order chi connectivity index (χ1) is 9.08. The van der Waals surface area contributed by atoms with Gasteiger partial charge in [-0.1, -0.05) is 17.7 Å². The van der Waals surface area contributed by atoms with Gasteiger partial charge in [0, 0.05) is 23.8 Å². The second-order valence-electron chi connectivity index (χ2n) is 4.73. The summed E-state index contributed by atoms with van der Waals surface area (Å²) >= 11 is 5.98. The monoisotopic (exact) mass is 280 g/mol. The average Bonchev–Trinajstić information content (AvgIpc) is 2.88. The van der Waals surface area contributed by atoms with Crippen LogP contribution in [-0.2, 0) is 9.59 Å². The summed E-state index contributed by atoms with van der Waals surface area (Å²) in [6.45, 7) is 3.37. The Bertz CT molecular complexity index is 496. The van der Waals surface area contributed by atoms with Gasteiger partial charge in [0.1, 0.15) is 6.42 Å². The molecule has 0 saturated carbocycles. The van der Waals surface area contributed by atoms with Crippen molar-refractivity contribution in [1.29, 1.82) is 0 Å². The van der Waals surface area contributed by atoms with Crippen LogP contribution in [0.1, 0.15) is 24.8 Å². The molecule has 1 heterocycles. The Morgan fingerprint density at radius 2 is 2.00 bits per heavy atom. The van der Waals surface area contributed by atoms with Crippen LogP contribution in [0, 0.1) is 6.92 Å². The molecule has 5 heteroatoms. The Balaban J connectivity index is 1.93. The minimum absolute atomic E-state index is 0.102. The Hall–Kier alpha value is -1.55. The van der Waals surface area contributed by atoms with Gasteiger partial charge in [0.05, 0.1) is 0 Å². The first-order valence-electron chi connectivity index (χ1n) is 6.40. The number of nitrogens with one attached hydrogen (secondary N) is 1. The lowest BCUT2D eigenvalue weighted by Crippen LogP contribution is -2.31. The van der Waals surface area contributed by atoms with Gasteiger partial charge < -0.3 is 10.2 Å². The van der Waals surface area contributed by atoms with E-state index < -0.39 is 0 Å². The first kappa shape index (κ1) is 13.9. The van der Waals surface area contributed by atoms with Crippen LogP contribution in [0.4, 0.5) is 5.69 Å². The molecular weight excluding hydrogens is 264 g/mol. The fourth-order valence-electron chi connectivity index (χ4n) is 2.15. The summed E-state index contributed by atoms with van der Waals surface area (Å²) < 4.78 is 0. The maximum Gasteiger partial charge on any atom is 0.233 e. The van der Waals surface area contributed by atoms with Crippen molar-refractivity contribution < 1.29 is 9.59 Å². The van der Waals surface area contributed by atoms with E-state index in [1.54, 1.807) is 23.1 Å². The highest BCUT2D eigenvalue weighted by Crippen LogP contribution is 2.23. The third kappa shape index (κ3) is 3.47. The van der Waals surface area contributed by atoms with E-state index >= 15 is 0 Å². The number of rotatable bonds is 3. The van der Waals surface area contributed by atoms with Crippen molar-refractivity contribution in [3.05, 3.63) is 28.8 Å². The molecule has 0 aromatic heterocycles. The topological polar surface area (TPSA) is 49.4 Å². The number of carbonyl (C=O) groups is 2. The largest absolute Gasteiger partial charge is 0.342 e. The fraction of sp³-hybridized carbons (Fsp3) is 0.429. The summed E-state index contributed by atoms with van der Waals surface area (Å²) in [7, 11) is 0. The zero-order valence-electron chi connectivity index (χ0n) is 10.9. The van der Waals surface area contributed by atoms with Crippen molar-refractivity contribution in [1.82, 2.24) is 4.90 Å². The molecule has 0 atom stereocenters. The van der Waals surface area contributed by atoms with Crippen LogP contribution in [0.3, 0.4) is 0 Å². The van der Waals surface area contributed by atoms with E-state index in [9.17, 15) is 9.59 Å². The highest BCUT2D eigenvalue weighted by Gasteiger charge is 2.20. The number of amides is 2. The van der Waals surface area contributed by atoms with Crippen LogP contribution in [0.5, 0.6) is 0 Å². The van der Waals surface area contributed by atoms with E-state index in [4.69, 9.17) is 11.6 Å². The van der Waals surface area contributed by atoms with Gasteiger partial charge in [-0.25, -0.2) is 0 Å². The van der Waals surface area contributed by atoms with E-state index in [1.807, 2.05) is 6.92 Å². The predicted molar refractivity (Wildman–Crippen MR) is 75.2 cm³/mol. The molecule has 1 saturated heterocycles. The molecule has 2 amide bonds. The number of carbonyl (C=O) groups excluding carboxylic acids is 2. The molecule has 102 valence electrons. The normalized spacial score (nSPS) is 14.5. The predicted octanol–water partition coefficient (Wildman–Crippen LogP) is 2.60. The maximum absolute atomic E-state index is 11.8. The van der Waals surface area contributed by atoms with Gasteiger partial charge in [0.15, 0.2) is 0 Å². The van der Waals surface area contributed by atoms with E-state index in [2.05, 4.69) is 5.32 Å². The molecule has 2 rings (SSSR count). The molecular formula is C14H17ClN2O2. The second kappa shape index (κ2) is 6.06. The first-order valence-corrected chi connectivity index (χ1v) is 6.78. The third-order valence-electron chi connectivity index (χ3n) is 3.31. The summed E-state index contributed by atoms with van der Waals surface area (Å²) in [5, 5.41) is 3.34.